The van der Waals surface area contributed by atoms with Crippen LogP contribution in [0.25, 0.3) is 0 Å². The fourth-order valence-electron chi connectivity index (χ4n) is 3.13. The lowest BCUT2D eigenvalue weighted by Crippen LogP contribution is -2.58. The number of hydrogen-bond acceptors (Lipinski definition) is 5. The van der Waals surface area contributed by atoms with Crippen molar-refractivity contribution in [3.63, 3.8) is 0 Å². The van der Waals surface area contributed by atoms with E-state index in [9.17, 15) is 14.4 Å². The van der Waals surface area contributed by atoms with Gasteiger partial charge in [-0.05, 0) is 35.4 Å². The van der Waals surface area contributed by atoms with E-state index >= 15 is 0 Å². The fourth-order valence-corrected chi connectivity index (χ4v) is 3.13. The number of rotatable bonds is 9. The van der Waals surface area contributed by atoms with Gasteiger partial charge < -0.3 is 19.7 Å². The molecular weight excluding hydrogens is 384 g/mol. The zero-order chi connectivity index (χ0) is 22.3. The highest BCUT2D eigenvalue weighted by atomic mass is 16.5. The van der Waals surface area contributed by atoms with Gasteiger partial charge in [-0.1, -0.05) is 46.8 Å². The molecule has 1 aliphatic rings. The van der Waals surface area contributed by atoms with Gasteiger partial charge in [-0.15, -0.1) is 0 Å². The smallest absolute Gasteiger partial charge is 0.308 e. The normalized spacial score (nSPS) is 16.9. The molecule has 1 aromatic rings. The Balaban J connectivity index is 1.96. The molecule has 0 saturated carbocycles. The summed E-state index contributed by atoms with van der Waals surface area (Å²) in [5.74, 6) is -0.367. The van der Waals surface area contributed by atoms with Crippen molar-refractivity contribution in [2.24, 2.45) is 5.92 Å². The summed E-state index contributed by atoms with van der Waals surface area (Å²) in [5, 5.41) is 2.71. The molecule has 7 heteroatoms. The first-order valence-corrected chi connectivity index (χ1v) is 10.6. The number of amides is 2. The van der Waals surface area contributed by atoms with Crippen LogP contribution in [0.3, 0.4) is 0 Å². The number of carbonyl (C=O) groups is 3. The first-order chi connectivity index (χ1) is 14.1. The number of ether oxygens (including phenoxy) is 2. The second-order valence-corrected chi connectivity index (χ2v) is 8.73. The Hall–Kier alpha value is -2.57. The van der Waals surface area contributed by atoms with Crippen molar-refractivity contribution in [1.29, 1.82) is 0 Å². The van der Waals surface area contributed by atoms with Gasteiger partial charge in [0.05, 0.1) is 13.0 Å². The van der Waals surface area contributed by atoms with Crippen LogP contribution in [0.5, 0.6) is 5.75 Å². The van der Waals surface area contributed by atoms with Crippen molar-refractivity contribution in [2.75, 3.05) is 26.3 Å². The maximum Gasteiger partial charge on any atom is 0.308 e. The minimum Gasteiger partial charge on any atom is -0.484 e. The third-order valence-electron chi connectivity index (χ3n) is 5.47. The summed E-state index contributed by atoms with van der Waals surface area (Å²) in [6, 6.07) is 6.84. The van der Waals surface area contributed by atoms with Crippen molar-refractivity contribution in [2.45, 2.75) is 58.9 Å². The number of esters is 1. The molecule has 0 aromatic heterocycles. The summed E-state index contributed by atoms with van der Waals surface area (Å²) in [5.41, 5.74) is 1.28. The lowest BCUT2D eigenvalue weighted by atomic mass is 9.82. The molecule has 0 bridgehead atoms. The molecule has 1 atom stereocenters. The van der Waals surface area contributed by atoms with Gasteiger partial charge in [-0.25, -0.2) is 0 Å². The second kappa shape index (κ2) is 10.5. The van der Waals surface area contributed by atoms with Gasteiger partial charge in [0.2, 0.25) is 5.91 Å². The Morgan fingerprint density at radius 1 is 1.23 bits per heavy atom. The van der Waals surface area contributed by atoms with Crippen molar-refractivity contribution in [3.05, 3.63) is 29.8 Å². The maximum atomic E-state index is 12.7. The zero-order valence-electron chi connectivity index (χ0n) is 18.7. The van der Waals surface area contributed by atoms with Crippen LogP contribution in [0.2, 0.25) is 0 Å². The average molecular weight is 419 g/mol. The second-order valence-electron chi connectivity index (χ2n) is 8.73. The molecule has 1 N–H and O–H groups in total. The Bertz CT molecular complexity index is 742. The molecule has 0 spiro atoms. The molecule has 0 radical (unpaired) electrons. The van der Waals surface area contributed by atoms with E-state index in [2.05, 4.69) is 26.1 Å². The Kier molecular flexibility index (Phi) is 8.26. The molecule has 1 unspecified atom stereocenters. The van der Waals surface area contributed by atoms with Crippen LogP contribution in [0.1, 0.15) is 53.0 Å². The molecule has 1 fully saturated rings. The SMILES string of the molecule is CCC(C)(C)c1ccc(OCC(=O)N2CCNC(=O)C2CC(=O)OCC(C)C)cc1. The first kappa shape index (κ1) is 23.7. The van der Waals surface area contributed by atoms with Gasteiger partial charge >= 0.3 is 5.97 Å². The minimum absolute atomic E-state index is 0.0763. The maximum absolute atomic E-state index is 12.7. The molecule has 1 aromatic carbocycles. The van der Waals surface area contributed by atoms with Gasteiger partial charge in [-0.3, -0.25) is 14.4 Å². The van der Waals surface area contributed by atoms with E-state index in [0.717, 1.165) is 6.42 Å². The summed E-state index contributed by atoms with van der Waals surface area (Å²) >= 11 is 0. The first-order valence-electron chi connectivity index (χ1n) is 10.6. The third-order valence-corrected chi connectivity index (χ3v) is 5.47. The number of hydrogen-bond donors (Lipinski definition) is 1. The van der Waals surface area contributed by atoms with E-state index in [1.54, 1.807) is 0 Å². The van der Waals surface area contributed by atoms with Crippen molar-refractivity contribution in [1.82, 2.24) is 10.2 Å². The number of nitrogens with one attached hydrogen (secondary N) is 1. The summed E-state index contributed by atoms with van der Waals surface area (Å²) in [6.45, 7) is 11.2. The largest absolute Gasteiger partial charge is 0.484 e. The van der Waals surface area contributed by atoms with Crippen molar-refractivity contribution in [3.8, 4) is 5.75 Å². The van der Waals surface area contributed by atoms with E-state index < -0.39 is 12.0 Å². The molecule has 2 rings (SSSR count). The molecule has 0 aliphatic carbocycles. The van der Waals surface area contributed by atoms with Gasteiger partial charge in [0.1, 0.15) is 11.8 Å². The van der Waals surface area contributed by atoms with Crippen LogP contribution in [0, 0.1) is 5.92 Å². The van der Waals surface area contributed by atoms with Crippen molar-refractivity contribution >= 4 is 17.8 Å². The van der Waals surface area contributed by atoms with Crippen LogP contribution in [-0.2, 0) is 24.5 Å². The van der Waals surface area contributed by atoms with E-state index in [4.69, 9.17) is 9.47 Å². The van der Waals surface area contributed by atoms with E-state index in [-0.39, 0.29) is 42.8 Å². The lowest BCUT2D eigenvalue weighted by molar-refractivity contribution is -0.153. The Labute approximate surface area is 179 Å². The van der Waals surface area contributed by atoms with Crippen LogP contribution in [-0.4, -0.2) is 55.0 Å². The average Bonchev–Trinajstić information content (AvgIpc) is 2.72. The van der Waals surface area contributed by atoms with Crippen LogP contribution in [0.4, 0.5) is 0 Å². The highest BCUT2D eigenvalue weighted by Crippen LogP contribution is 2.28. The summed E-state index contributed by atoms with van der Waals surface area (Å²) in [6.07, 6.45) is 0.856. The standard InChI is InChI=1S/C23H34N2O5/c1-6-23(4,5)17-7-9-18(10-8-17)29-15-20(26)25-12-11-24-22(28)19(25)13-21(27)30-14-16(2)3/h7-10,16,19H,6,11-15H2,1-5H3,(H,24,28). The zero-order valence-corrected chi connectivity index (χ0v) is 18.7. The summed E-state index contributed by atoms with van der Waals surface area (Å²) in [7, 11) is 0. The van der Waals surface area contributed by atoms with Gasteiger partial charge in [0.25, 0.3) is 5.91 Å². The molecule has 1 aliphatic heterocycles. The van der Waals surface area contributed by atoms with Crippen LogP contribution in [0.15, 0.2) is 24.3 Å². The molecule has 7 nitrogen and oxygen atoms in total. The topological polar surface area (TPSA) is 84.9 Å². The predicted octanol–water partition coefficient (Wildman–Crippen LogP) is 2.67. The highest BCUT2D eigenvalue weighted by Gasteiger charge is 2.35. The van der Waals surface area contributed by atoms with E-state index in [0.29, 0.717) is 18.8 Å². The quantitative estimate of drug-likeness (QED) is 0.623. The highest BCUT2D eigenvalue weighted by molar-refractivity contribution is 5.92. The van der Waals surface area contributed by atoms with Crippen LogP contribution >= 0.6 is 0 Å². The fraction of sp³-hybridized carbons (Fsp3) is 0.609. The van der Waals surface area contributed by atoms with Gasteiger partial charge in [-0.2, -0.15) is 0 Å². The van der Waals surface area contributed by atoms with E-state index in [1.165, 1.54) is 10.5 Å². The molecular formula is C23H34N2O5. The molecule has 166 valence electrons. The molecule has 1 heterocycles. The minimum atomic E-state index is -0.873. The van der Waals surface area contributed by atoms with Crippen molar-refractivity contribution < 1.29 is 23.9 Å². The third kappa shape index (κ3) is 6.47. The Morgan fingerprint density at radius 3 is 2.50 bits per heavy atom. The lowest BCUT2D eigenvalue weighted by Gasteiger charge is -2.34. The number of benzene rings is 1. The number of nitrogens with zero attached hydrogens (tertiary/aromatic N) is 1. The van der Waals surface area contributed by atoms with Crippen LogP contribution < -0.4 is 10.1 Å². The summed E-state index contributed by atoms with van der Waals surface area (Å²) < 4.78 is 10.8. The monoisotopic (exact) mass is 418 g/mol. The molecule has 1 saturated heterocycles. The number of piperazine rings is 1. The molecule has 2 amide bonds. The van der Waals surface area contributed by atoms with E-state index in [1.807, 2.05) is 38.1 Å². The molecule has 30 heavy (non-hydrogen) atoms. The summed E-state index contributed by atoms with van der Waals surface area (Å²) in [4.78, 5) is 38.5. The van der Waals surface area contributed by atoms with Gasteiger partial charge in [0, 0.05) is 13.1 Å². The Morgan fingerprint density at radius 2 is 1.90 bits per heavy atom. The van der Waals surface area contributed by atoms with Gasteiger partial charge in [0.15, 0.2) is 6.61 Å². The number of carbonyl (C=O) groups excluding carboxylic acids is 3. The predicted molar refractivity (Wildman–Crippen MR) is 114 cm³/mol.